The van der Waals surface area contributed by atoms with Crippen molar-refractivity contribution in [3.8, 4) is 0 Å². The van der Waals surface area contributed by atoms with Crippen molar-refractivity contribution in [2.75, 3.05) is 27.2 Å². The van der Waals surface area contributed by atoms with Crippen LogP contribution < -0.4 is 5.32 Å². The third-order valence-electron chi connectivity index (χ3n) is 4.38. The number of aromatic nitrogens is 3. The molecule has 3 rings (SSSR count). The number of hydrogen-bond acceptors (Lipinski definition) is 4. The van der Waals surface area contributed by atoms with Gasteiger partial charge in [0.05, 0.1) is 18.3 Å². The molecule has 0 radical (unpaired) electrons. The van der Waals surface area contributed by atoms with Crippen molar-refractivity contribution in [1.29, 1.82) is 0 Å². The van der Waals surface area contributed by atoms with Crippen LogP contribution in [0.5, 0.6) is 0 Å². The molecule has 0 saturated heterocycles. The van der Waals surface area contributed by atoms with Crippen molar-refractivity contribution < 1.29 is 4.79 Å². The highest BCUT2D eigenvalue weighted by atomic mass is 16.1. The fourth-order valence-corrected chi connectivity index (χ4v) is 3.30. The van der Waals surface area contributed by atoms with E-state index in [1.54, 1.807) is 12.4 Å². The SMILES string of the molecule is CN(C)CC(C)(C)CNC(=O)c1cnc2c(cnn2Cc2ccccc2)c1. The second-order valence-electron chi connectivity index (χ2n) is 8.01. The molecule has 2 heterocycles. The molecule has 0 unspecified atom stereocenters. The van der Waals surface area contributed by atoms with E-state index >= 15 is 0 Å². The van der Waals surface area contributed by atoms with Gasteiger partial charge in [0.1, 0.15) is 0 Å². The molecule has 0 aliphatic heterocycles. The zero-order valence-corrected chi connectivity index (χ0v) is 16.4. The summed E-state index contributed by atoms with van der Waals surface area (Å²) in [6.07, 6.45) is 3.39. The van der Waals surface area contributed by atoms with Crippen LogP contribution in [-0.2, 0) is 6.54 Å². The summed E-state index contributed by atoms with van der Waals surface area (Å²) in [5.41, 5.74) is 2.50. The molecule has 0 aliphatic rings. The molecule has 0 fully saturated rings. The van der Waals surface area contributed by atoms with E-state index in [1.807, 2.05) is 43.0 Å². The maximum atomic E-state index is 12.5. The quantitative estimate of drug-likeness (QED) is 0.699. The number of nitrogens with one attached hydrogen (secondary N) is 1. The van der Waals surface area contributed by atoms with Crippen LogP contribution in [-0.4, -0.2) is 52.8 Å². The van der Waals surface area contributed by atoms with Gasteiger partial charge in [-0.2, -0.15) is 5.10 Å². The molecular weight excluding hydrogens is 338 g/mol. The molecule has 6 heteroatoms. The molecule has 0 bridgehead atoms. The number of carbonyl (C=O) groups is 1. The van der Waals surface area contributed by atoms with Crippen molar-refractivity contribution in [3.05, 3.63) is 59.9 Å². The van der Waals surface area contributed by atoms with Crippen molar-refractivity contribution in [2.24, 2.45) is 5.41 Å². The Morgan fingerprint density at radius 3 is 2.63 bits per heavy atom. The number of fused-ring (bicyclic) bond motifs is 1. The second kappa shape index (κ2) is 7.88. The lowest BCUT2D eigenvalue weighted by atomic mass is 9.93. The van der Waals surface area contributed by atoms with Crippen molar-refractivity contribution >= 4 is 16.9 Å². The summed E-state index contributed by atoms with van der Waals surface area (Å²) in [6.45, 7) is 6.44. The van der Waals surface area contributed by atoms with Crippen LogP contribution in [0.15, 0.2) is 48.8 Å². The van der Waals surface area contributed by atoms with E-state index in [9.17, 15) is 4.79 Å². The highest BCUT2D eigenvalue weighted by Gasteiger charge is 2.20. The Kier molecular flexibility index (Phi) is 5.56. The number of rotatable bonds is 7. The predicted octanol–water partition coefficient (Wildman–Crippen LogP) is 2.80. The van der Waals surface area contributed by atoms with Gasteiger partial charge in [-0.1, -0.05) is 44.2 Å². The third kappa shape index (κ3) is 4.92. The lowest BCUT2D eigenvalue weighted by Gasteiger charge is -2.28. The molecule has 27 heavy (non-hydrogen) atoms. The number of carbonyl (C=O) groups excluding carboxylic acids is 1. The molecule has 1 amide bonds. The van der Waals surface area contributed by atoms with Crippen LogP contribution in [0.3, 0.4) is 0 Å². The molecule has 1 N–H and O–H groups in total. The van der Waals surface area contributed by atoms with Crippen LogP contribution in [0.4, 0.5) is 0 Å². The van der Waals surface area contributed by atoms with E-state index in [-0.39, 0.29) is 11.3 Å². The lowest BCUT2D eigenvalue weighted by Crippen LogP contribution is -2.40. The fraction of sp³-hybridized carbons (Fsp3) is 0.381. The maximum absolute atomic E-state index is 12.5. The second-order valence-corrected chi connectivity index (χ2v) is 8.01. The number of amides is 1. The Bertz CT molecular complexity index is 915. The molecule has 1 aromatic carbocycles. The van der Waals surface area contributed by atoms with Crippen LogP contribution in [0.25, 0.3) is 11.0 Å². The Morgan fingerprint density at radius 2 is 1.93 bits per heavy atom. The first-order valence-corrected chi connectivity index (χ1v) is 9.12. The Balaban J connectivity index is 1.71. The van der Waals surface area contributed by atoms with Crippen LogP contribution in [0.1, 0.15) is 29.8 Å². The van der Waals surface area contributed by atoms with Gasteiger partial charge in [0, 0.05) is 24.7 Å². The minimum atomic E-state index is -0.105. The van der Waals surface area contributed by atoms with Gasteiger partial charge in [0.2, 0.25) is 0 Å². The molecule has 142 valence electrons. The molecular formula is C21H27N5O. The van der Waals surface area contributed by atoms with Gasteiger partial charge in [-0.05, 0) is 31.1 Å². The van der Waals surface area contributed by atoms with Crippen molar-refractivity contribution in [3.63, 3.8) is 0 Å². The van der Waals surface area contributed by atoms with Gasteiger partial charge in [0.25, 0.3) is 5.91 Å². The highest BCUT2D eigenvalue weighted by Crippen LogP contribution is 2.17. The number of benzene rings is 1. The summed E-state index contributed by atoms with van der Waals surface area (Å²) >= 11 is 0. The number of hydrogen-bond donors (Lipinski definition) is 1. The Hall–Kier alpha value is -2.73. The summed E-state index contributed by atoms with van der Waals surface area (Å²) in [5, 5.41) is 8.32. The summed E-state index contributed by atoms with van der Waals surface area (Å²) < 4.78 is 1.85. The zero-order valence-electron chi connectivity index (χ0n) is 16.4. The molecule has 0 saturated carbocycles. The largest absolute Gasteiger partial charge is 0.351 e. The molecule has 3 aromatic rings. The van der Waals surface area contributed by atoms with E-state index in [0.29, 0.717) is 18.7 Å². The van der Waals surface area contributed by atoms with Gasteiger partial charge >= 0.3 is 0 Å². The average molecular weight is 365 g/mol. The number of nitrogens with zero attached hydrogens (tertiary/aromatic N) is 4. The van der Waals surface area contributed by atoms with Gasteiger partial charge in [-0.25, -0.2) is 9.67 Å². The zero-order chi connectivity index (χ0) is 19.4. The predicted molar refractivity (Wildman–Crippen MR) is 108 cm³/mol. The van der Waals surface area contributed by atoms with Gasteiger partial charge < -0.3 is 10.2 Å². The van der Waals surface area contributed by atoms with Crippen LogP contribution in [0, 0.1) is 5.41 Å². The lowest BCUT2D eigenvalue weighted by molar-refractivity contribution is 0.0929. The maximum Gasteiger partial charge on any atom is 0.252 e. The molecule has 0 atom stereocenters. The third-order valence-corrected chi connectivity index (χ3v) is 4.38. The number of pyridine rings is 1. The highest BCUT2D eigenvalue weighted by molar-refractivity contribution is 5.96. The Morgan fingerprint density at radius 1 is 1.19 bits per heavy atom. The van der Waals surface area contributed by atoms with Crippen LogP contribution >= 0.6 is 0 Å². The summed E-state index contributed by atoms with van der Waals surface area (Å²) in [6, 6.07) is 12.0. The van der Waals surface area contributed by atoms with E-state index in [0.717, 1.165) is 23.1 Å². The fourth-order valence-electron chi connectivity index (χ4n) is 3.30. The minimum absolute atomic E-state index is 0.00272. The average Bonchev–Trinajstić information content (AvgIpc) is 3.02. The first-order valence-electron chi connectivity index (χ1n) is 9.12. The van der Waals surface area contributed by atoms with E-state index < -0.39 is 0 Å². The van der Waals surface area contributed by atoms with Crippen LogP contribution in [0.2, 0.25) is 0 Å². The summed E-state index contributed by atoms with van der Waals surface area (Å²) in [5.74, 6) is -0.105. The van der Waals surface area contributed by atoms with Crippen molar-refractivity contribution in [2.45, 2.75) is 20.4 Å². The summed E-state index contributed by atoms with van der Waals surface area (Å²) in [7, 11) is 4.07. The van der Waals surface area contributed by atoms with Gasteiger partial charge in [-0.15, -0.1) is 0 Å². The summed E-state index contributed by atoms with van der Waals surface area (Å²) in [4.78, 5) is 19.1. The van der Waals surface area contributed by atoms with E-state index in [4.69, 9.17) is 0 Å². The first kappa shape index (κ1) is 19.0. The molecule has 0 spiro atoms. The van der Waals surface area contributed by atoms with E-state index in [1.165, 1.54) is 0 Å². The standard InChI is InChI=1S/C21H27N5O/c1-21(2,15-25(3)4)14-23-20(27)18-10-17-12-24-26(19(17)22-11-18)13-16-8-6-5-7-9-16/h5-12H,13-15H2,1-4H3,(H,23,27). The van der Waals surface area contributed by atoms with Crippen molar-refractivity contribution in [1.82, 2.24) is 25.0 Å². The smallest absolute Gasteiger partial charge is 0.252 e. The molecule has 6 nitrogen and oxygen atoms in total. The van der Waals surface area contributed by atoms with E-state index in [2.05, 4.69) is 46.3 Å². The monoisotopic (exact) mass is 365 g/mol. The topological polar surface area (TPSA) is 63.1 Å². The Labute approximate surface area is 160 Å². The van der Waals surface area contributed by atoms with Gasteiger partial charge in [0.15, 0.2) is 5.65 Å². The van der Waals surface area contributed by atoms with Gasteiger partial charge in [-0.3, -0.25) is 4.79 Å². The normalized spacial score (nSPS) is 11.9. The first-order chi connectivity index (χ1) is 12.8. The molecule has 2 aromatic heterocycles. The molecule has 0 aliphatic carbocycles. The minimum Gasteiger partial charge on any atom is -0.351 e.